The van der Waals surface area contributed by atoms with Gasteiger partial charge in [-0.2, -0.15) is 0 Å². The van der Waals surface area contributed by atoms with Gasteiger partial charge in [0, 0.05) is 24.3 Å². The van der Waals surface area contributed by atoms with Crippen LogP contribution in [0.5, 0.6) is 0 Å². The molecule has 2 rings (SSSR count). The van der Waals surface area contributed by atoms with Gasteiger partial charge in [-0.05, 0) is 25.8 Å². The molecule has 0 aliphatic carbocycles. The number of hydrogen-bond acceptors (Lipinski definition) is 5. The maximum atomic E-state index is 12.0. The molecule has 0 aliphatic heterocycles. The van der Waals surface area contributed by atoms with Crippen molar-refractivity contribution in [2.24, 2.45) is 0 Å². The number of nitrogen functional groups attached to an aromatic ring is 1. The lowest BCUT2D eigenvalue weighted by Crippen LogP contribution is -2.24. The molecular formula is C13H17N3O2S. The van der Waals surface area contributed by atoms with Crippen LogP contribution in [-0.2, 0) is 0 Å². The van der Waals surface area contributed by atoms with E-state index in [2.05, 4.69) is 10.3 Å². The third kappa shape index (κ3) is 3.21. The number of aliphatic hydroxyl groups excluding tert-OH is 1. The molecule has 1 unspecified atom stereocenters. The highest BCUT2D eigenvalue weighted by atomic mass is 32.1. The molecule has 0 saturated heterocycles. The fraction of sp³-hybridized carbons (Fsp3) is 0.385. The highest BCUT2D eigenvalue weighted by Gasteiger charge is 2.15. The van der Waals surface area contributed by atoms with Gasteiger partial charge in [0.15, 0.2) is 0 Å². The van der Waals surface area contributed by atoms with E-state index in [0.29, 0.717) is 23.5 Å². The summed E-state index contributed by atoms with van der Waals surface area (Å²) in [4.78, 5) is 16.6. The van der Waals surface area contributed by atoms with Gasteiger partial charge in [-0.25, -0.2) is 0 Å². The van der Waals surface area contributed by atoms with Crippen LogP contribution >= 0.6 is 11.3 Å². The van der Waals surface area contributed by atoms with Gasteiger partial charge in [-0.15, -0.1) is 11.3 Å². The fourth-order valence-electron chi connectivity index (χ4n) is 1.82. The van der Waals surface area contributed by atoms with E-state index in [0.717, 1.165) is 16.5 Å². The SMILES string of the molecule is CC(O)CCCNC(=O)c1sc2cnccc2c1N. The first-order valence-corrected chi connectivity index (χ1v) is 6.99. The monoisotopic (exact) mass is 279 g/mol. The van der Waals surface area contributed by atoms with Crippen molar-refractivity contribution < 1.29 is 9.90 Å². The molecular weight excluding hydrogens is 262 g/mol. The van der Waals surface area contributed by atoms with Gasteiger partial charge >= 0.3 is 0 Å². The maximum absolute atomic E-state index is 12.0. The van der Waals surface area contributed by atoms with Crippen LogP contribution in [0.15, 0.2) is 18.5 Å². The quantitative estimate of drug-likeness (QED) is 0.728. The summed E-state index contributed by atoms with van der Waals surface area (Å²) in [6, 6.07) is 1.81. The second-order valence-electron chi connectivity index (χ2n) is 4.46. The van der Waals surface area contributed by atoms with E-state index in [9.17, 15) is 4.79 Å². The van der Waals surface area contributed by atoms with Crippen molar-refractivity contribution in [1.82, 2.24) is 10.3 Å². The molecule has 0 fully saturated rings. The Hall–Kier alpha value is -1.66. The Morgan fingerprint density at radius 1 is 1.63 bits per heavy atom. The number of aliphatic hydroxyl groups is 1. The van der Waals surface area contributed by atoms with E-state index >= 15 is 0 Å². The average molecular weight is 279 g/mol. The zero-order valence-electron chi connectivity index (χ0n) is 10.7. The van der Waals surface area contributed by atoms with Crippen molar-refractivity contribution in [2.75, 3.05) is 12.3 Å². The number of carbonyl (C=O) groups excluding carboxylic acids is 1. The summed E-state index contributed by atoms with van der Waals surface area (Å²) in [5.74, 6) is -0.163. The lowest BCUT2D eigenvalue weighted by atomic mass is 10.2. The van der Waals surface area contributed by atoms with Gasteiger partial charge < -0.3 is 16.2 Å². The molecule has 0 saturated carbocycles. The largest absolute Gasteiger partial charge is 0.397 e. The predicted octanol–water partition coefficient (Wildman–Crippen LogP) is 1.77. The number of thiophene rings is 1. The molecule has 0 aromatic carbocycles. The first kappa shape index (κ1) is 13.8. The third-order valence-electron chi connectivity index (χ3n) is 2.82. The summed E-state index contributed by atoms with van der Waals surface area (Å²) in [5, 5.41) is 12.8. The molecule has 2 aromatic heterocycles. The standard InChI is InChI=1S/C13H17N3O2S/c1-8(17)3-2-5-16-13(18)12-11(14)9-4-6-15-7-10(9)19-12/h4,6-8,17H,2-3,5,14H2,1H3,(H,16,18). The summed E-state index contributed by atoms with van der Waals surface area (Å²) < 4.78 is 0.911. The zero-order valence-corrected chi connectivity index (χ0v) is 11.5. The minimum Gasteiger partial charge on any atom is -0.397 e. The van der Waals surface area contributed by atoms with Crippen molar-refractivity contribution in [2.45, 2.75) is 25.9 Å². The summed E-state index contributed by atoms with van der Waals surface area (Å²) in [6.45, 7) is 2.27. The lowest BCUT2D eigenvalue weighted by Gasteiger charge is -2.05. The van der Waals surface area contributed by atoms with E-state index < -0.39 is 0 Å². The summed E-state index contributed by atoms with van der Waals surface area (Å²) in [6.07, 6.45) is 4.45. The molecule has 102 valence electrons. The number of fused-ring (bicyclic) bond motifs is 1. The first-order valence-electron chi connectivity index (χ1n) is 6.18. The van der Waals surface area contributed by atoms with Gasteiger partial charge in [0.25, 0.3) is 5.91 Å². The number of aromatic nitrogens is 1. The average Bonchev–Trinajstić information content (AvgIpc) is 2.72. The maximum Gasteiger partial charge on any atom is 0.263 e. The van der Waals surface area contributed by atoms with Crippen molar-refractivity contribution in [3.8, 4) is 0 Å². The highest BCUT2D eigenvalue weighted by Crippen LogP contribution is 2.32. The van der Waals surface area contributed by atoms with Crippen LogP contribution in [0.25, 0.3) is 10.1 Å². The van der Waals surface area contributed by atoms with Gasteiger partial charge in [0.2, 0.25) is 0 Å². The summed E-state index contributed by atoms with van der Waals surface area (Å²) >= 11 is 1.35. The lowest BCUT2D eigenvalue weighted by molar-refractivity contribution is 0.0954. The molecule has 0 radical (unpaired) electrons. The molecule has 4 N–H and O–H groups in total. The molecule has 1 atom stereocenters. The number of rotatable bonds is 5. The fourth-order valence-corrected chi connectivity index (χ4v) is 2.83. The molecule has 1 amide bonds. The van der Waals surface area contributed by atoms with E-state index in [1.807, 2.05) is 6.07 Å². The number of pyridine rings is 1. The van der Waals surface area contributed by atoms with Crippen LogP contribution in [-0.4, -0.2) is 28.6 Å². The van der Waals surface area contributed by atoms with Crippen molar-refractivity contribution in [3.05, 3.63) is 23.3 Å². The Morgan fingerprint density at radius 2 is 2.42 bits per heavy atom. The Kier molecular flexibility index (Phi) is 4.34. The minimum absolute atomic E-state index is 0.163. The van der Waals surface area contributed by atoms with Crippen LogP contribution in [0.2, 0.25) is 0 Å². The Labute approximate surface area is 115 Å². The first-order chi connectivity index (χ1) is 9.09. The second kappa shape index (κ2) is 5.99. The number of nitrogens with two attached hydrogens (primary N) is 1. The molecule has 6 heteroatoms. The smallest absolute Gasteiger partial charge is 0.263 e. The number of nitrogens with zero attached hydrogens (tertiary/aromatic N) is 1. The minimum atomic E-state index is -0.336. The highest BCUT2D eigenvalue weighted by molar-refractivity contribution is 7.21. The topological polar surface area (TPSA) is 88.2 Å². The normalized spacial score (nSPS) is 12.5. The molecule has 5 nitrogen and oxygen atoms in total. The van der Waals surface area contributed by atoms with Gasteiger partial charge in [-0.3, -0.25) is 9.78 Å². The van der Waals surface area contributed by atoms with E-state index in [1.54, 1.807) is 19.3 Å². The molecule has 2 aromatic rings. The molecule has 0 aliphatic rings. The van der Waals surface area contributed by atoms with Crippen LogP contribution in [0.3, 0.4) is 0 Å². The number of hydrogen-bond donors (Lipinski definition) is 3. The van der Waals surface area contributed by atoms with Crippen LogP contribution < -0.4 is 11.1 Å². The number of amides is 1. The molecule has 0 spiro atoms. The predicted molar refractivity (Wildman–Crippen MR) is 77.3 cm³/mol. The van der Waals surface area contributed by atoms with E-state index in [-0.39, 0.29) is 12.0 Å². The Morgan fingerprint density at radius 3 is 3.11 bits per heavy atom. The molecule has 2 heterocycles. The van der Waals surface area contributed by atoms with Gasteiger partial charge in [0.1, 0.15) is 4.88 Å². The van der Waals surface area contributed by atoms with E-state index in [1.165, 1.54) is 11.3 Å². The summed E-state index contributed by atoms with van der Waals surface area (Å²) in [5.41, 5.74) is 6.48. The second-order valence-corrected chi connectivity index (χ2v) is 5.52. The van der Waals surface area contributed by atoms with Crippen molar-refractivity contribution >= 4 is 33.0 Å². The van der Waals surface area contributed by atoms with Crippen LogP contribution in [0.1, 0.15) is 29.4 Å². The van der Waals surface area contributed by atoms with Crippen LogP contribution in [0.4, 0.5) is 5.69 Å². The Balaban J connectivity index is 2.03. The third-order valence-corrected chi connectivity index (χ3v) is 3.98. The number of anilines is 1. The van der Waals surface area contributed by atoms with E-state index in [4.69, 9.17) is 10.8 Å². The van der Waals surface area contributed by atoms with Gasteiger partial charge in [0.05, 0.1) is 16.5 Å². The molecule has 19 heavy (non-hydrogen) atoms. The summed E-state index contributed by atoms with van der Waals surface area (Å²) in [7, 11) is 0. The Bertz CT molecular complexity index is 580. The van der Waals surface area contributed by atoms with Crippen molar-refractivity contribution in [1.29, 1.82) is 0 Å². The zero-order chi connectivity index (χ0) is 13.8. The number of carbonyl (C=O) groups is 1. The van der Waals surface area contributed by atoms with Gasteiger partial charge in [-0.1, -0.05) is 0 Å². The number of nitrogens with one attached hydrogen (secondary N) is 1. The van der Waals surface area contributed by atoms with Crippen molar-refractivity contribution in [3.63, 3.8) is 0 Å². The molecule has 0 bridgehead atoms. The van der Waals surface area contributed by atoms with Crippen LogP contribution in [0, 0.1) is 0 Å².